The lowest BCUT2D eigenvalue weighted by Gasteiger charge is -2.28. The molecule has 52 heavy (non-hydrogen) atoms. The van der Waals surface area contributed by atoms with Gasteiger partial charge in [0.25, 0.3) is 0 Å². The molecule has 1 nitrogen and oxygen atoms in total. The standard InChI is InChI=1S/C51H37N/c1-51(2)49-24-10-9-22-46(49)47-30-29-40(33-50(47)51)52(38-27-25-35(26-28-38)42-23-12-15-34-13-3-5-18-41(34)42)39-17-11-16-36(31-39)48-32-37-14-4-6-19-43(37)44-20-7-8-21-45(44)48/h3-33H,1-2H3. The summed E-state index contributed by atoms with van der Waals surface area (Å²) in [5, 5.41) is 7.61. The molecule has 9 aromatic rings. The summed E-state index contributed by atoms with van der Waals surface area (Å²) in [6.07, 6.45) is 0. The summed E-state index contributed by atoms with van der Waals surface area (Å²) >= 11 is 0. The molecular weight excluding hydrogens is 627 g/mol. The highest BCUT2D eigenvalue weighted by Crippen LogP contribution is 2.51. The minimum Gasteiger partial charge on any atom is -0.310 e. The Morgan fingerprint density at radius 2 is 0.923 bits per heavy atom. The van der Waals surface area contributed by atoms with Crippen molar-refractivity contribution >= 4 is 49.4 Å². The van der Waals surface area contributed by atoms with Crippen LogP contribution >= 0.6 is 0 Å². The molecule has 0 bridgehead atoms. The molecule has 0 saturated carbocycles. The van der Waals surface area contributed by atoms with Crippen LogP contribution < -0.4 is 4.90 Å². The number of anilines is 3. The highest BCUT2D eigenvalue weighted by Gasteiger charge is 2.35. The third-order valence-corrected chi connectivity index (χ3v) is 11.2. The molecule has 0 unspecified atom stereocenters. The predicted octanol–water partition coefficient (Wildman–Crippen LogP) is 14.3. The van der Waals surface area contributed by atoms with Gasteiger partial charge in [-0.15, -0.1) is 0 Å². The van der Waals surface area contributed by atoms with Gasteiger partial charge >= 0.3 is 0 Å². The van der Waals surface area contributed by atoms with E-state index in [1.54, 1.807) is 0 Å². The summed E-state index contributed by atoms with van der Waals surface area (Å²) < 4.78 is 0. The van der Waals surface area contributed by atoms with Gasteiger partial charge in [-0.25, -0.2) is 0 Å². The molecule has 1 aliphatic carbocycles. The zero-order chi connectivity index (χ0) is 34.8. The Morgan fingerprint density at radius 1 is 0.327 bits per heavy atom. The van der Waals surface area contributed by atoms with Crippen LogP contribution in [0.5, 0.6) is 0 Å². The minimum atomic E-state index is -0.0995. The molecular formula is C51H37N. The van der Waals surface area contributed by atoms with Crippen molar-refractivity contribution in [1.82, 2.24) is 0 Å². The Kier molecular flexibility index (Phi) is 6.91. The SMILES string of the molecule is CC1(C)c2ccccc2-c2ccc(N(c3ccc(-c4cccc5ccccc45)cc3)c3cccc(-c4cc5ccccc5c5ccccc45)c3)cc21. The Labute approximate surface area is 305 Å². The van der Waals surface area contributed by atoms with Gasteiger partial charge in [0.05, 0.1) is 0 Å². The van der Waals surface area contributed by atoms with E-state index in [0.29, 0.717) is 0 Å². The van der Waals surface area contributed by atoms with Crippen LogP contribution in [0.25, 0.3) is 65.7 Å². The fourth-order valence-corrected chi connectivity index (χ4v) is 8.65. The molecule has 1 heteroatoms. The molecule has 9 aromatic carbocycles. The molecule has 0 atom stereocenters. The summed E-state index contributed by atoms with van der Waals surface area (Å²) in [7, 11) is 0. The summed E-state index contributed by atoms with van der Waals surface area (Å²) in [5.74, 6) is 0. The largest absolute Gasteiger partial charge is 0.310 e. The van der Waals surface area contributed by atoms with Gasteiger partial charge in [0.15, 0.2) is 0 Å². The first kappa shape index (κ1) is 30.4. The average molecular weight is 664 g/mol. The Hall–Kier alpha value is -6.44. The smallest absolute Gasteiger partial charge is 0.0467 e. The third kappa shape index (κ3) is 4.77. The average Bonchev–Trinajstić information content (AvgIpc) is 3.43. The zero-order valence-corrected chi connectivity index (χ0v) is 29.3. The topological polar surface area (TPSA) is 3.24 Å². The van der Waals surface area contributed by atoms with Gasteiger partial charge in [0, 0.05) is 22.5 Å². The lowest BCUT2D eigenvalue weighted by Crippen LogP contribution is -2.16. The van der Waals surface area contributed by atoms with E-state index in [9.17, 15) is 0 Å². The molecule has 0 amide bonds. The Morgan fingerprint density at radius 3 is 1.77 bits per heavy atom. The van der Waals surface area contributed by atoms with Crippen LogP contribution in [0.1, 0.15) is 25.0 Å². The van der Waals surface area contributed by atoms with E-state index in [0.717, 1.165) is 17.1 Å². The van der Waals surface area contributed by atoms with E-state index in [2.05, 4.69) is 207 Å². The van der Waals surface area contributed by atoms with E-state index in [1.807, 2.05) is 0 Å². The van der Waals surface area contributed by atoms with Crippen LogP contribution in [0.15, 0.2) is 188 Å². The molecule has 0 heterocycles. The Bertz CT molecular complexity index is 2820. The number of nitrogens with zero attached hydrogens (tertiary/aromatic N) is 1. The van der Waals surface area contributed by atoms with Gasteiger partial charge in [0.1, 0.15) is 0 Å². The molecule has 0 aromatic heterocycles. The first-order chi connectivity index (χ1) is 25.5. The number of benzene rings is 9. The molecule has 1 aliphatic rings. The maximum absolute atomic E-state index is 2.43. The molecule has 246 valence electrons. The van der Waals surface area contributed by atoms with Crippen LogP contribution in [-0.4, -0.2) is 0 Å². The number of hydrogen-bond acceptors (Lipinski definition) is 1. The molecule has 0 N–H and O–H groups in total. The lowest BCUT2D eigenvalue weighted by molar-refractivity contribution is 0.660. The van der Waals surface area contributed by atoms with Crippen molar-refractivity contribution in [1.29, 1.82) is 0 Å². The van der Waals surface area contributed by atoms with E-state index in [-0.39, 0.29) is 5.41 Å². The second-order valence-corrected chi connectivity index (χ2v) is 14.6. The van der Waals surface area contributed by atoms with Gasteiger partial charge in [-0.1, -0.05) is 159 Å². The van der Waals surface area contributed by atoms with Crippen molar-refractivity contribution in [2.24, 2.45) is 0 Å². The summed E-state index contributed by atoms with van der Waals surface area (Å²) in [4.78, 5) is 2.43. The Balaban J connectivity index is 1.15. The van der Waals surface area contributed by atoms with Gasteiger partial charge in [-0.3, -0.25) is 0 Å². The predicted molar refractivity (Wildman–Crippen MR) is 222 cm³/mol. The third-order valence-electron chi connectivity index (χ3n) is 11.2. The van der Waals surface area contributed by atoms with Crippen molar-refractivity contribution in [2.45, 2.75) is 19.3 Å². The first-order valence-corrected chi connectivity index (χ1v) is 18.2. The second kappa shape index (κ2) is 11.8. The summed E-state index contributed by atoms with van der Waals surface area (Å²) in [6, 6.07) is 69.2. The molecule has 0 radical (unpaired) electrons. The minimum absolute atomic E-state index is 0.0995. The fourth-order valence-electron chi connectivity index (χ4n) is 8.65. The van der Waals surface area contributed by atoms with Crippen molar-refractivity contribution in [3.8, 4) is 33.4 Å². The first-order valence-electron chi connectivity index (χ1n) is 18.2. The van der Waals surface area contributed by atoms with Crippen molar-refractivity contribution < 1.29 is 0 Å². The number of hydrogen-bond donors (Lipinski definition) is 0. The van der Waals surface area contributed by atoms with Crippen molar-refractivity contribution in [3.05, 3.63) is 199 Å². The number of rotatable bonds is 5. The highest BCUT2D eigenvalue weighted by atomic mass is 15.1. The lowest BCUT2D eigenvalue weighted by atomic mass is 9.82. The van der Waals surface area contributed by atoms with Crippen LogP contribution in [0.4, 0.5) is 17.1 Å². The molecule has 10 rings (SSSR count). The van der Waals surface area contributed by atoms with Gasteiger partial charge in [0.2, 0.25) is 0 Å². The van der Waals surface area contributed by atoms with E-state index in [4.69, 9.17) is 0 Å². The molecule has 0 fully saturated rings. The monoisotopic (exact) mass is 663 g/mol. The van der Waals surface area contributed by atoms with Crippen molar-refractivity contribution in [2.75, 3.05) is 4.90 Å². The second-order valence-electron chi connectivity index (χ2n) is 14.6. The van der Waals surface area contributed by atoms with E-state index in [1.165, 1.54) is 76.8 Å². The number of fused-ring (bicyclic) bond motifs is 7. The zero-order valence-electron chi connectivity index (χ0n) is 29.3. The van der Waals surface area contributed by atoms with E-state index >= 15 is 0 Å². The maximum Gasteiger partial charge on any atom is 0.0467 e. The van der Waals surface area contributed by atoms with Gasteiger partial charge in [-0.2, -0.15) is 0 Å². The van der Waals surface area contributed by atoms with E-state index < -0.39 is 0 Å². The molecule has 0 aliphatic heterocycles. The highest BCUT2D eigenvalue weighted by molar-refractivity contribution is 6.14. The van der Waals surface area contributed by atoms with Crippen LogP contribution in [0.3, 0.4) is 0 Å². The molecule has 0 spiro atoms. The fraction of sp³-hybridized carbons (Fsp3) is 0.0588. The van der Waals surface area contributed by atoms with Gasteiger partial charge in [-0.05, 0) is 119 Å². The van der Waals surface area contributed by atoms with Crippen LogP contribution in [0, 0.1) is 0 Å². The van der Waals surface area contributed by atoms with Crippen molar-refractivity contribution in [3.63, 3.8) is 0 Å². The normalized spacial score (nSPS) is 13.0. The van der Waals surface area contributed by atoms with Crippen LogP contribution in [-0.2, 0) is 5.41 Å². The summed E-state index contributed by atoms with van der Waals surface area (Å²) in [5.41, 5.74) is 13.6. The maximum atomic E-state index is 2.43. The van der Waals surface area contributed by atoms with Gasteiger partial charge < -0.3 is 4.90 Å². The quantitative estimate of drug-likeness (QED) is 0.166. The van der Waals surface area contributed by atoms with Crippen LogP contribution in [0.2, 0.25) is 0 Å². The summed E-state index contributed by atoms with van der Waals surface area (Å²) in [6.45, 7) is 4.71. The molecule has 0 saturated heterocycles.